The second-order valence-electron chi connectivity index (χ2n) is 1.40. The molecule has 0 atom stereocenters. The zero-order valence-electron chi connectivity index (χ0n) is 4.51. The van der Waals surface area contributed by atoms with Gasteiger partial charge in [0.2, 0.25) is 0 Å². The van der Waals surface area contributed by atoms with Crippen molar-refractivity contribution in [3.05, 3.63) is 16.1 Å². The summed E-state index contributed by atoms with van der Waals surface area (Å²) in [6, 6.07) is 0. The molecule has 0 saturated heterocycles. The number of aryl methyl sites for hydroxylation is 1. The predicted octanol–water partition coefficient (Wildman–Crippen LogP) is 2.07. The molecule has 2 heteroatoms. The highest BCUT2D eigenvalue weighted by Crippen LogP contribution is 2.08. The first-order valence-electron chi connectivity index (χ1n) is 2.21. The van der Waals surface area contributed by atoms with Crippen LogP contribution in [0.15, 0.2) is 5.51 Å². The van der Waals surface area contributed by atoms with Gasteiger partial charge in [-0.3, -0.25) is 0 Å². The molecule has 1 aromatic heterocycles. The van der Waals surface area contributed by atoms with Gasteiger partial charge in [-0.2, -0.15) is 0 Å². The van der Waals surface area contributed by atoms with Gasteiger partial charge < -0.3 is 0 Å². The molecule has 1 aromatic rings. The second-order valence-corrected chi connectivity index (χ2v) is 2.46. The minimum absolute atomic E-state index is 0. The molecule has 1 rings (SSSR count). The van der Waals surface area contributed by atoms with Crippen LogP contribution in [0.5, 0.6) is 0 Å². The van der Waals surface area contributed by atoms with Gasteiger partial charge in [0, 0.05) is 4.88 Å². The number of aromatic nitrogens is 1. The van der Waals surface area contributed by atoms with Gasteiger partial charge in [-0.15, -0.1) is 17.8 Å². The zero-order chi connectivity index (χ0) is 5.98. The third-order valence-corrected chi connectivity index (χ3v) is 1.64. The maximum absolute atomic E-state index is 5.09. The summed E-state index contributed by atoms with van der Waals surface area (Å²) >= 11 is 1.58. The lowest BCUT2D eigenvalue weighted by atomic mass is 10.4. The molecular weight excluding hydrogens is 130 g/mol. The van der Waals surface area contributed by atoms with Crippen LogP contribution in [0.3, 0.4) is 0 Å². The van der Waals surface area contributed by atoms with Crippen LogP contribution in [0.25, 0.3) is 0 Å². The summed E-state index contributed by atoms with van der Waals surface area (Å²) in [5.74, 6) is 2.47. The lowest BCUT2D eigenvalue weighted by molar-refractivity contribution is 1.34. The van der Waals surface area contributed by atoms with Crippen LogP contribution in [0.4, 0.5) is 0 Å². The van der Waals surface area contributed by atoms with E-state index in [-0.39, 0.29) is 7.43 Å². The maximum Gasteiger partial charge on any atom is 0.126 e. The predicted molar refractivity (Wildman–Crippen MR) is 41.5 cm³/mol. The van der Waals surface area contributed by atoms with E-state index >= 15 is 0 Å². The van der Waals surface area contributed by atoms with Gasteiger partial charge in [0.25, 0.3) is 0 Å². The molecule has 0 saturated carbocycles. The van der Waals surface area contributed by atoms with Gasteiger partial charge in [-0.1, -0.05) is 7.43 Å². The Balaban J connectivity index is 0.000000640. The van der Waals surface area contributed by atoms with E-state index in [1.54, 1.807) is 16.8 Å². The SMILES string of the molecule is C.C#Cc1ncsc1C. The summed E-state index contributed by atoms with van der Waals surface area (Å²) in [5, 5.41) is 0. The first kappa shape index (κ1) is 8.19. The first-order chi connectivity index (χ1) is 3.84. The van der Waals surface area contributed by atoms with Gasteiger partial charge >= 0.3 is 0 Å². The molecule has 0 aromatic carbocycles. The minimum atomic E-state index is 0. The van der Waals surface area contributed by atoms with Gasteiger partial charge in [0.05, 0.1) is 5.51 Å². The zero-order valence-corrected chi connectivity index (χ0v) is 5.33. The fraction of sp³-hybridized carbons (Fsp3) is 0.286. The van der Waals surface area contributed by atoms with Crippen LogP contribution in [0.1, 0.15) is 18.0 Å². The number of hydrogen-bond acceptors (Lipinski definition) is 2. The molecule has 0 bridgehead atoms. The Hall–Kier alpha value is -0.810. The fourth-order valence-electron chi connectivity index (χ4n) is 0.444. The maximum atomic E-state index is 5.09. The quantitative estimate of drug-likeness (QED) is 0.501. The van der Waals surface area contributed by atoms with E-state index in [0.717, 1.165) is 10.6 Å². The summed E-state index contributed by atoms with van der Waals surface area (Å²) in [7, 11) is 0. The normalized spacial score (nSPS) is 7.56. The highest BCUT2D eigenvalue weighted by Gasteiger charge is 1.92. The van der Waals surface area contributed by atoms with Crippen molar-refractivity contribution in [2.45, 2.75) is 14.4 Å². The fourth-order valence-corrected chi connectivity index (χ4v) is 0.983. The van der Waals surface area contributed by atoms with E-state index < -0.39 is 0 Å². The van der Waals surface area contributed by atoms with Crippen LogP contribution in [0, 0.1) is 19.3 Å². The van der Waals surface area contributed by atoms with Crippen molar-refractivity contribution in [1.29, 1.82) is 0 Å². The highest BCUT2D eigenvalue weighted by atomic mass is 32.1. The number of hydrogen-bond donors (Lipinski definition) is 0. The van der Waals surface area contributed by atoms with E-state index in [2.05, 4.69) is 10.9 Å². The molecule has 48 valence electrons. The molecular formula is C7H9NS. The van der Waals surface area contributed by atoms with E-state index in [9.17, 15) is 0 Å². The second kappa shape index (κ2) is 3.26. The highest BCUT2D eigenvalue weighted by molar-refractivity contribution is 7.09. The molecule has 0 amide bonds. The topological polar surface area (TPSA) is 12.9 Å². The number of nitrogens with zero attached hydrogens (tertiary/aromatic N) is 1. The van der Waals surface area contributed by atoms with E-state index in [1.165, 1.54) is 0 Å². The number of thiazole rings is 1. The van der Waals surface area contributed by atoms with E-state index in [4.69, 9.17) is 6.42 Å². The Morgan fingerprint density at radius 3 is 2.67 bits per heavy atom. The van der Waals surface area contributed by atoms with Crippen molar-refractivity contribution < 1.29 is 0 Å². The van der Waals surface area contributed by atoms with Crippen molar-refractivity contribution in [3.63, 3.8) is 0 Å². The van der Waals surface area contributed by atoms with E-state index in [0.29, 0.717) is 0 Å². The van der Waals surface area contributed by atoms with Gasteiger partial charge in [0.1, 0.15) is 5.69 Å². The van der Waals surface area contributed by atoms with Crippen molar-refractivity contribution in [2.24, 2.45) is 0 Å². The lowest BCUT2D eigenvalue weighted by Crippen LogP contribution is -1.72. The van der Waals surface area contributed by atoms with Crippen LogP contribution >= 0.6 is 11.3 Å². The summed E-state index contributed by atoms with van der Waals surface area (Å²) in [6.07, 6.45) is 5.09. The van der Waals surface area contributed by atoms with Crippen LogP contribution in [-0.4, -0.2) is 4.98 Å². The smallest absolute Gasteiger partial charge is 0.126 e. The lowest BCUT2D eigenvalue weighted by Gasteiger charge is -1.77. The summed E-state index contributed by atoms with van der Waals surface area (Å²) in [5.41, 5.74) is 2.53. The Bertz CT molecular complexity index is 219. The van der Waals surface area contributed by atoms with Gasteiger partial charge in [-0.25, -0.2) is 4.98 Å². The molecule has 0 aliphatic heterocycles. The van der Waals surface area contributed by atoms with Crippen molar-refractivity contribution in [1.82, 2.24) is 4.98 Å². The van der Waals surface area contributed by atoms with Gasteiger partial charge in [0.15, 0.2) is 0 Å². The molecule has 1 heterocycles. The third kappa shape index (κ3) is 1.55. The molecule has 0 fully saturated rings. The van der Waals surface area contributed by atoms with E-state index in [1.807, 2.05) is 6.92 Å². The minimum Gasteiger partial charge on any atom is -0.236 e. The average molecular weight is 139 g/mol. The first-order valence-corrected chi connectivity index (χ1v) is 3.09. The van der Waals surface area contributed by atoms with Crippen molar-refractivity contribution in [2.75, 3.05) is 0 Å². The molecule has 0 aliphatic carbocycles. The average Bonchev–Trinajstić information content (AvgIpc) is 2.14. The van der Waals surface area contributed by atoms with Crippen LogP contribution in [-0.2, 0) is 0 Å². The summed E-state index contributed by atoms with van der Waals surface area (Å²) in [4.78, 5) is 5.03. The van der Waals surface area contributed by atoms with Gasteiger partial charge in [-0.05, 0) is 12.8 Å². The molecule has 0 unspecified atom stereocenters. The molecule has 1 nitrogen and oxygen atoms in total. The Kier molecular flexibility index (Phi) is 2.97. The van der Waals surface area contributed by atoms with Crippen molar-refractivity contribution in [3.8, 4) is 12.3 Å². The van der Waals surface area contributed by atoms with Crippen LogP contribution < -0.4 is 0 Å². The number of rotatable bonds is 0. The third-order valence-electron chi connectivity index (χ3n) is 0.881. The monoisotopic (exact) mass is 139 g/mol. The standard InChI is InChI=1S/C6H5NS.CH4/c1-3-6-5(2)8-4-7-6;/h1,4H,2H3;1H4. The largest absolute Gasteiger partial charge is 0.236 e. The number of terminal acetylenes is 1. The Labute approximate surface area is 59.8 Å². The Morgan fingerprint density at radius 2 is 2.44 bits per heavy atom. The summed E-state index contributed by atoms with van der Waals surface area (Å²) < 4.78 is 0. The molecule has 0 spiro atoms. The molecule has 0 aliphatic rings. The molecule has 0 radical (unpaired) electrons. The molecule has 0 N–H and O–H groups in total. The Morgan fingerprint density at radius 1 is 1.78 bits per heavy atom. The van der Waals surface area contributed by atoms with Crippen molar-refractivity contribution >= 4 is 11.3 Å². The summed E-state index contributed by atoms with van der Waals surface area (Å²) in [6.45, 7) is 1.97. The van der Waals surface area contributed by atoms with Crippen LogP contribution in [0.2, 0.25) is 0 Å². The molecule has 9 heavy (non-hydrogen) atoms.